The van der Waals surface area contributed by atoms with Gasteiger partial charge in [-0.15, -0.1) is 0 Å². The highest BCUT2D eigenvalue weighted by atomic mass is 79.9. The number of ether oxygens (including phenoxy) is 2. The maximum absolute atomic E-state index is 12.3. The second-order valence-electron chi connectivity index (χ2n) is 4.66. The second-order valence-corrected chi connectivity index (χ2v) is 5.46. The van der Waals surface area contributed by atoms with Crippen LogP contribution in [0.5, 0.6) is 11.5 Å². The first kappa shape index (κ1) is 14.7. The minimum Gasteiger partial charge on any atom is -0.497 e. The first-order valence-corrected chi connectivity index (χ1v) is 7.38. The lowest BCUT2D eigenvalue weighted by Gasteiger charge is -2.11. The molecule has 0 atom stereocenters. The summed E-state index contributed by atoms with van der Waals surface area (Å²) in [6, 6.07) is 12.2. The minimum absolute atomic E-state index is 0.0921. The summed E-state index contributed by atoms with van der Waals surface area (Å²) in [5.74, 6) is 1.67. The topological polar surface area (TPSA) is 48.7 Å². The molecular weight excluding hydrogens is 348 g/mol. The molecule has 0 unspecified atom stereocenters. The summed E-state index contributed by atoms with van der Waals surface area (Å²) < 4.78 is 17.2. The van der Waals surface area contributed by atoms with Crippen LogP contribution in [0.25, 0.3) is 22.3 Å². The van der Waals surface area contributed by atoms with Gasteiger partial charge in [-0.05, 0) is 34.1 Å². The van der Waals surface area contributed by atoms with Crippen LogP contribution in [0.4, 0.5) is 0 Å². The molecule has 0 N–H and O–H groups in total. The molecule has 3 rings (SSSR count). The van der Waals surface area contributed by atoms with Gasteiger partial charge in [-0.25, -0.2) is 0 Å². The van der Waals surface area contributed by atoms with Gasteiger partial charge in [0, 0.05) is 17.7 Å². The predicted molar refractivity (Wildman–Crippen MR) is 88.7 cm³/mol. The Bertz CT molecular complexity index is 899. The predicted octanol–water partition coefficient (Wildman–Crippen LogP) is 4.24. The molecule has 0 bridgehead atoms. The van der Waals surface area contributed by atoms with Gasteiger partial charge < -0.3 is 13.9 Å². The fourth-order valence-electron chi connectivity index (χ4n) is 2.25. The van der Waals surface area contributed by atoms with Crippen LogP contribution in [0.3, 0.4) is 0 Å². The first-order chi connectivity index (χ1) is 10.6. The molecule has 0 saturated carbocycles. The zero-order valence-corrected chi connectivity index (χ0v) is 13.6. The van der Waals surface area contributed by atoms with Gasteiger partial charge in [0.15, 0.2) is 5.43 Å². The molecule has 0 aliphatic carbocycles. The third-order valence-electron chi connectivity index (χ3n) is 3.37. The Hall–Kier alpha value is -2.27. The SMILES string of the molecule is COc1cc(OC)c(Br)c(-c2cc(=O)c3ccccc3o2)c1. The van der Waals surface area contributed by atoms with E-state index < -0.39 is 0 Å². The quantitative estimate of drug-likeness (QED) is 0.700. The zero-order valence-electron chi connectivity index (χ0n) is 12.1. The van der Waals surface area contributed by atoms with Crippen LogP contribution in [0.15, 0.2) is 56.1 Å². The summed E-state index contributed by atoms with van der Waals surface area (Å²) >= 11 is 3.49. The largest absolute Gasteiger partial charge is 0.497 e. The minimum atomic E-state index is -0.0921. The number of hydrogen-bond donors (Lipinski definition) is 0. The van der Waals surface area contributed by atoms with Crippen LogP contribution in [0.2, 0.25) is 0 Å². The number of benzene rings is 2. The molecule has 0 spiro atoms. The molecular formula is C17H13BrO4. The number of rotatable bonds is 3. The van der Waals surface area contributed by atoms with Crippen molar-refractivity contribution in [3.8, 4) is 22.8 Å². The van der Waals surface area contributed by atoms with Crippen LogP contribution in [0.1, 0.15) is 0 Å². The Labute approximate surface area is 135 Å². The highest BCUT2D eigenvalue weighted by Crippen LogP contribution is 2.39. The van der Waals surface area contributed by atoms with E-state index in [0.717, 1.165) is 0 Å². The highest BCUT2D eigenvalue weighted by Gasteiger charge is 2.15. The Morgan fingerprint density at radius 1 is 1.05 bits per heavy atom. The first-order valence-electron chi connectivity index (χ1n) is 6.59. The molecule has 22 heavy (non-hydrogen) atoms. The Morgan fingerprint density at radius 3 is 2.55 bits per heavy atom. The van der Waals surface area contributed by atoms with Gasteiger partial charge in [0.25, 0.3) is 0 Å². The smallest absolute Gasteiger partial charge is 0.193 e. The maximum atomic E-state index is 12.3. The fourth-order valence-corrected chi connectivity index (χ4v) is 2.84. The summed E-state index contributed by atoms with van der Waals surface area (Å²) in [6.07, 6.45) is 0. The van der Waals surface area contributed by atoms with Crippen LogP contribution in [-0.4, -0.2) is 14.2 Å². The summed E-state index contributed by atoms with van der Waals surface area (Å²) in [7, 11) is 3.14. The number of fused-ring (bicyclic) bond motifs is 1. The van der Waals surface area contributed by atoms with Crippen molar-refractivity contribution in [3.05, 3.63) is 57.2 Å². The number of para-hydroxylation sites is 1. The molecule has 4 nitrogen and oxygen atoms in total. The summed E-state index contributed by atoms with van der Waals surface area (Å²) in [5.41, 5.74) is 1.14. The molecule has 0 saturated heterocycles. The average Bonchev–Trinajstić information content (AvgIpc) is 2.55. The normalized spacial score (nSPS) is 10.7. The van der Waals surface area contributed by atoms with Crippen LogP contribution < -0.4 is 14.9 Å². The van der Waals surface area contributed by atoms with Crippen molar-refractivity contribution in [3.63, 3.8) is 0 Å². The van der Waals surface area contributed by atoms with Gasteiger partial charge in [-0.3, -0.25) is 4.79 Å². The molecule has 0 radical (unpaired) electrons. The van der Waals surface area contributed by atoms with Crippen molar-refractivity contribution in [1.82, 2.24) is 0 Å². The van der Waals surface area contributed by atoms with E-state index >= 15 is 0 Å². The lowest BCUT2D eigenvalue weighted by molar-refractivity contribution is 0.392. The van der Waals surface area contributed by atoms with Crippen molar-refractivity contribution in [2.45, 2.75) is 0 Å². The van der Waals surface area contributed by atoms with E-state index in [9.17, 15) is 4.79 Å². The van der Waals surface area contributed by atoms with Gasteiger partial charge >= 0.3 is 0 Å². The van der Waals surface area contributed by atoms with Gasteiger partial charge in [0.1, 0.15) is 22.8 Å². The second kappa shape index (κ2) is 5.85. The Balaban J connectivity index is 2.29. The molecule has 5 heteroatoms. The Morgan fingerprint density at radius 2 is 1.82 bits per heavy atom. The molecule has 3 aromatic rings. The molecule has 2 aromatic carbocycles. The van der Waals surface area contributed by atoms with Crippen molar-refractivity contribution in [2.75, 3.05) is 14.2 Å². The lowest BCUT2D eigenvalue weighted by Crippen LogP contribution is -2.00. The summed E-state index contributed by atoms with van der Waals surface area (Å²) in [5, 5.41) is 0.553. The van der Waals surface area contributed by atoms with E-state index in [0.29, 0.717) is 38.3 Å². The number of methoxy groups -OCH3 is 2. The van der Waals surface area contributed by atoms with Gasteiger partial charge in [0.2, 0.25) is 0 Å². The van der Waals surface area contributed by atoms with E-state index in [1.165, 1.54) is 6.07 Å². The molecule has 1 aromatic heterocycles. The fraction of sp³-hybridized carbons (Fsp3) is 0.118. The molecule has 0 aliphatic rings. The molecule has 0 amide bonds. The van der Waals surface area contributed by atoms with E-state index in [1.807, 2.05) is 12.1 Å². The van der Waals surface area contributed by atoms with Crippen molar-refractivity contribution >= 4 is 26.9 Å². The number of hydrogen-bond acceptors (Lipinski definition) is 4. The van der Waals surface area contributed by atoms with Gasteiger partial charge in [-0.2, -0.15) is 0 Å². The van der Waals surface area contributed by atoms with Crippen molar-refractivity contribution < 1.29 is 13.9 Å². The van der Waals surface area contributed by atoms with E-state index in [-0.39, 0.29) is 5.43 Å². The Kier molecular flexibility index (Phi) is 3.90. The van der Waals surface area contributed by atoms with Crippen molar-refractivity contribution in [2.24, 2.45) is 0 Å². The third kappa shape index (κ3) is 2.48. The van der Waals surface area contributed by atoms with Gasteiger partial charge in [0.05, 0.1) is 24.1 Å². The third-order valence-corrected chi connectivity index (χ3v) is 4.19. The lowest BCUT2D eigenvalue weighted by atomic mass is 10.1. The molecule has 0 fully saturated rings. The summed E-state index contributed by atoms with van der Waals surface area (Å²) in [4.78, 5) is 12.3. The molecule has 112 valence electrons. The zero-order chi connectivity index (χ0) is 15.7. The van der Waals surface area contributed by atoms with E-state index in [4.69, 9.17) is 13.9 Å². The van der Waals surface area contributed by atoms with Crippen molar-refractivity contribution in [1.29, 1.82) is 0 Å². The van der Waals surface area contributed by atoms with Gasteiger partial charge in [-0.1, -0.05) is 12.1 Å². The highest BCUT2D eigenvalue weighted by molar-refractivity contribution is 9.10. The average molecular weight is 361 g/mol. The van der Waals surface area contributed by atoms with E-state index in [1.54, 1.807) is 38.5 Å². The standard InChI is InChI=1S/C17H13BrO4/c1-20-10-7-12(17(18)16(8-10)21-2)15-9-13(19)11-5-3-4-6-14(11)22-15/h3-9H,1-2H3. The van der Waals surface area contributed by atoms with Crippen LogP contribution in [-0.2, 0) is 0 Å². The number of halogens is 1. The maximum Gasteiger partial charge on any atom is 0.193 e. The summed E-state index contributed by atoms with van der Waals surface area (Å²) in [6.45, 7) is 0. The monoisotopic (exact) mass is 360 g/mol. The molecule has 1 heterocycles. The van der Waals surface area contributed by atoms with Crippen LogP contribution >= 0.6 is 15.9 Å². The van der Waals surface area contributed by atoms with E-state index in [2.05, 4.69) is 15.9 Å². The molecule has 0 aliphatic heterocycles. The van der Waals surface area contributed by atoms with Crippen LogP contribution in [0, 0.1) is 0 Å².